The highest BCUT2D eigenvalue weighted by molar-refractivity contribution is 7.90. The Bertz CT molecular complexity index is 926. The predicted molar refractivity (Wildman–Crippen MR) is 87.8 cm³/mol. The zero-order chi connectivity index (χ0) is 17.2. The summed E-state index contributed by atoms with van der Waals surface area (Å²) in [7, 11) is -3.92. The van der Waals surface area contributed by atoms with Crippen LogP contribution in [0.3, 0.4) is 0 Å². The molecule has 1 amide bonds. The minimum absolute atomic E-state index is 0.0212. The standard InChI is InChI=1S/C16H14FN3O3S/c17-12-6-2-1-5-11(12)9-10-18-16(21)15-19-13-7-3-4-8-14(13)24(22,23)20-15/h1-8H,9-10H2,(H,18,21)(H,19,20). The summed E-state index contributed by atoms with van der Waals surface area (Å²) in [6, 6.07) is 12.4. The Morgan fingerprint density at radius 3 is 2.62 bits per heavy atom. The van der Waals surface area contributed by atoms with Crippen molar-refractivity contribution in [1.82, 2.24) is 5.32 Å². The second kappa shape index (κ2) is 6.40. The van der Waals surface area contributed by atoms with E-state index in [0.29, 0.717) is 11.3 Å². The second-order valence-corrected chi connectivity index (χ2v) is 6.71. The summed E-state index contributed by atoms with van der Waals surface area (Å²) in [5.74, 6) is -1.32. The number of fused-ring (bicyclic) bond motifs is 1. The highest BCUT2D eigenvalue weighted by Crippen LogP contribution is 2.26. The molecule has 24 heavy (non-hydrogen) atoms. The highest BCUT2D eigenvalue weighted by atomic mass is 32.2. The molecule has 2 aromatic rings. The van der Waals surface area contributed by atoms with E-state index in [9.17, 15) is 17.6 Å². The predicted octanol–water partition coefficient (Wildman–Crippen LogP) is 1.70. The van der Waals surface area contributed by atoms with Crippen molar-refractivity contribution in [2.24, 2.45) is 4.40 Å². The zero-order valence-corrected chi connectivity index (χ0v) is 13.3. The smallest absolute Gasteiger partial charge is 0.287 e. The van der Waals surface area contributed by atoms with Crippen LogP contribution in [0.5, 0.6) is 0 Å². The van der Waals surface area contributed by atoms with Gasteiger partial charge in [0.1, 0.15) is 10.7 Å². The Kier molecular flexibility index (Phi) is 4.30. The van der Waals surface area contributed by atoms with Crippen molar-refractivity contribution in [2.45, 2.75) is 11.3 Å². The number of sulfonamides is 1. The zero-order valence-electron chi connectivity index (χ0n) is 12.5. The maximum absolute atomic E-state index is 13.5. The molecule has 0 saturated heterocycles. The molecule has 0 aliphatic carbocycles. The maximum atomic E-state index is 13.5. The van der Waals surface area contributed by atoms with E-state index in [0.717, 1.165) is 0 Å². The number of benzene rings is 2. The van der Waals surface area contributed by atoms with E-state index in [1.165, 1.54) is 12.1 Å². The normalized spacial score (nSPS) is 15.0. The number of rotatable bonds is 4. The number of carbonyl (C=O) groups is 1. The number of nitrogens with one attached hydrogen (secondary N) is 2. The lowest BCUT2D eigenvalue weighted by Crippen LogP contribution is -2.39. The first-order valence-electron chi connectivity index (χ1n) is 7.20. The first kappa shape index (κ1) is 16.1. The van der Waals surface area contributed by atoms with Gasteiger partial charge in [0.15, 0.2) is 0 Å². The van der Waals surface area contributed by atoms with Crippen molar-refractivity contribution in [2.75, 3.05) is 11.9 Å². The van der Waals surface area contributed by atoms with Crippen molar-refractivity contribution in [3.05, 3.63) is 59.9 Å². The number of anilines is 1. The van der Waals surface area contributed by atoms with Gasteiger partial charge in [0, 0.05) is 6.54 Å². The van der Waals surface area contributed by atoms with Crippen LogP contribution >= 0.6 is 0 Å². The third kappa shape index (κ3) is 3.28. The van der Waals surface area contributed by atoms with E-state index < -0.39 is 15.9 Å². The lowest BCUT2D eigenvalue weighted by molar-refractivity contribution is -0.114. The molecule has 0 spiro atoms. The van der Waals surface area contributed by atoms with Gasteiger partial charge in [-0.25, -0.2) is 4.39 Å². The number of nitrogens with zero attached hydrogens (tertiary/aromatic N) is 1. The minimum atomic E-state index is -3.92. The van der Waals surface area contributed by atoms with Crippen LogP contribution < -0.4 is 10.6 Å². The van der Waals surface area contributed by atoms with Crippen LogP contribution in [0.4, 0.5) is 10.1 Å². The summed E-state index contributed by atoms with van der Waals surface area (Å²) < 4.78 is 41.1. The number of amidine groups is 1. The Morgan fingerprint density at radius 1 is 1.12 bits per heavy atom. The largest absolute Gasteiger partial charge is 0.349 e. The summed E-state index contributed by atoms with van der Waals surface area (Å²) >= 11 is 0. The molecule has 1 aliphatic rings. The molecule has 124 valence electrons. The number of para-hydroxylation sites is 1. The molecule has 0 unspecified atom stereocenters. The molecule has 0 atom stereocenters. The number of hydrogen-bond acceptors (Lipinski definition) is 4. The Morgan fingerprint density at radius 2 is 1.83 bits per heavy atom. The Labute approximate surface area is 138 Å². The fourth-order valence-corrected chi connectivity index (χ4v) is 3.42. The molecular weight excluding hydrogens is 333 g/mol. The van der Waals surface area contributed by atoms with E-state index in [1.807, 2.05) is 0 Å². The van der Waals surface area contributed by atoms with Crippen LogP contribution in [0.1, 0.15) is 5.56 Å². The molecule has 6 nitrogen and oxygen atoms in total. The molecule has 2 N–H and O–H groups in total. The van der Waals surface area contributed by atoms with E-state index in [-0.39, 0.29) is 29.5 Å². The van der Waals surface area contributed by atoms with Crippen LogP contribution in [-0.4, -0.2) is 26.7 Å². The molecule has 2 aromatic carbocycles. The van der Waals surface area contributed by atoms with Gasteiger partial charge < -0.3 is 10.6 Å². The van der Waals surface area contributed by atoms with Crippen molar-refractivity contribution in [1.29, 1.82) is 0 Å². The summed E-state index contributed by atoms with van der Waals surface area (Å²) in [6.07, 6.45) is 0.287. The Hall–Kier alpha value is -2.74. The molecule has 8 heteroatoms. The molecule has 1 heterocycles. The molecule has 0 fully saturated rings. The lowest BCUT2D eigenvalue weighted by Gasteiger charge is -2.17. The van der Waals surface area contributed by atoms with Crippen LogP contribution in [0.15, 0.2) is 57.8 Å². The van der Waals surface area contributed by atoms with Crippen molar-refractivity contribution in [3.8, 4) is 0 Å². The fourth-order valence-electron chi connectivity index (χ4n) is 2.31. The first-order chi connectivity index (χ1) is 11.5. The van der Waals surface area contributed by atoms with Gasteiger partial charge in [0.05, 0.1) is 5.69 Å². The second-order valence-electron chi connectivity index (χ2n) is 5.13. The van der Waals surface area contributed by atoms with E-state index in [1.54, 1.807) is 36.4 Å². The molecule has 0 bridgehead atoms. The molecule has 0 saturated carbocycles. The van der Waals surface area contributed by atoms with Crippen molar-refractivity contribution < 1.29 is 17.6 Å². The number of hydrogen-bond donors (Lipinski definition) is 2. The summed E-state index contributed by atoms with van der Waals surface area (Å²) in [4.78, 5) is 12.1. The van der Waals surface area contributed by atoms with Crippen molar-refractivity contribution in [3.63, 3.8) is 0 Å². The molecule has 0 radical (unpaired) electrons. The molecule has 0 aromatic heterocycles. The van der Waals surface area contributed by atoms with E-state index >= 15 is 0 Å². The third-order valence-corrected chi connectivity index (χ3v) is 4.82. The third-order valence-electron chi connectivity index (χ3n) is 3.48. The van der Waals surface area contributed by atoms with E-state index in [2.05, 4.69) is 15.0 Å². The maximum Gasteiger partial charge on any atom is 0.287 e. The average Bonchev–Trinajstić information content (AvgIpc) is 2.56. The lowest BCUT2D eigenvalue weighted by atomic mass is 10.1. The summed E-state index contributed by atoms with van der Waals surface area (Å²) in [5.41, 5.74) is 0.765. The van der Waals surface area contributed by atoms with Crippen LogP contribution in [0.25, 0.3) is 0 Å². The van der Waals surface area contributed by atoms with Gasteiger partial charge in [-0.1, -0.05) is 30.3 Å². The molecular formula is C16H14FN3O3S. The van der Waals surface area contributed by atoms with Gasteiger partial charge in [-0.3, -0.25) is 4.79 Å². The van der Waals surface area contributed by atoms with Gasteiger partial charge in [-0.05, 0) is 30.2 Å². The van der Waals surface area contributed by atoms with Crippen LogP contribution in [0, 0.1) is 5.82 Å². The minimum Gasteiger partial charge on any atom is -0.349 e. The average molecular weight is 347 g/mol. The number of amides is 1. The topological polar surface area (TPSA) is 87.6 Å². The van der Waals surface area contributed by atoms with Gasteiger partial charge in [-0.2, -0.15) is 8.42 Å². The van der Waals surface area contributed by atoms with Crippen LogP contribution in [0.2, 0.25) is 0 Å². The van der Waals surface area contributed by atoms with Gasteiger partial charge in [-0.15, -0.1) is 4.40 Å². The summed E-state index contributed by atoms with van der Waals surface area (Å²) in [6.45, 7) is 0.155. The summed E-state index contributed by atoms with van der Waals surface area (Å²) in [5, 5.41) is 5.23. The van der Waals surface area contributed by atoms with Gasteiger partial charge in [0.2, 0.25) is 5.84 Å². The van der Waals surface area contributed by atoms with Gasteiger partial charge in [0.25, 0.3) is 15.9 Å². The number of carbonyl (C=O) groups excluding carboxylic acids is 1. The Balaban J connectivity index is 1.68. The van der Waals surface area contributed by atoms with Crippen LogP contribution in [-0.2, 0) is 21.2 Å². The number of halogens is 1. The molecule has 1 aliphatic heterocycles. The fraction of sp³-hybridized carbons (Fsp3) is 0.125. The molecule has 3 rings (SSSR count). The highest BCUT2D eigenvalue weighted by Gasteiger charge is 2.27. The SMILES string of the molecule is O=C(NCCc1ccccc1F)C1=NS(=O)(=O)c2ccccc2N1. The van der Waals surface area contributed by atoms with Crippen molar-refractivity contribution >= 4 is 27.5 Å². The van der Waals surface area contributed by atoms with E-state index in [4.69, 9.17) is 0 Å². The first-order valence-corrected chi connectivity index (χ1v) is 8.64. The van der Waals surface area contributed by atoms with Gasteiger partial charge >= 0.3 is 0 Å². The monoisotopic (exact) mass is 347 g/mol. The quantitative estimate of drug-likeness (QED) is 0.881.